The molecule has 4 rings (SSSR count). The van der Waals surface area contributed by atoms with E-state index in [1.807, 2.05) is 0 Å². The van der Waals surface area contributed by atoms with Gasteiger partial charge < -0.3 is 15.2 Å². The minimum absolute atomic E-state index is 0. The fourth-order valence-electron chi connectivity index (χ4n) is 3.72. The van der Waals surface area contributed by atoms with E-state index in [0.29, 0.717) is 6.54 Å². The zero-order valence-electron chi connectivity index (χ0n) is 16.6. The van der Waals surface area contributed by atoms with Gasteiger partial charge in [0.1, 0.15) is 5.82 Å². The highest BCUT2D eigenvalue weighted by Crippen LogP contribution is 2.23. The average molecular weight is 502 g/mol. The van der Waals surface area contributed by atoms with Gasteiger partial charge in [-0.1, -0.05) is 60.7 Å². The Balaban J connectivity index is 0.00000240. The van der Waals surface area contributed by atoms with Gasteiger partial charge >= 0.3 is 0 Å². The summed E-state index contributed by atoms with van der Waals surface area (Å²) >= 11 is 0. The third kappa shape index (κ3) is 5.14. The van der Waals surface area contributed by atoms with E-state index >= 15 is 0 Å². The topological polar surface area (TPSA) is 67.1 Å². The summed E-state index contributed by atoms with van der Waals surface area (Å²) < 4.78 is 2.21. The predicted octanol–water partition coefficient (Wildman–Crippen LogP) is 3.34. The van der Waals surface area contributed by atoms with E-state index in [9.17, 15) is 0 Å². The van der Waals surface area contributed by atoms with Gasteiger partial charge in [0.05, 0.1) is 6.54 Å². The summed E-state index contributed by atoms with van der Waals surface area (Å²) in [5, 5.41) is 15.4. The van der Waals surface area contributed by atoms with Crippen LogP contribution >= 0.6 is 24.0 Å². The molecule has 0 spiro atoms. The molecule has 0 aliphatic carbocycles. The van der Waals surface area contributed by atoms with Crippen LogP contribution in [-0.4, -0.2) is 34.3 Å². The second-order valence-corrected chi connectivity index (χ2v) is 6.97. The number of aryl methyl sites for hydroxylation is 1. The van der Waals surface area contributed by atoms with E-state index in [-0.39, 0.29) is 29.9 Å². The molecule has 2 aromatic carbocycles. The van der Waals surface area contributed by atoms with Crippen LogP contribution in [0.15, 0.2) is 65.7 Å². The van der Waals surface area contributed by atoms with Crippen LogP contribution in [0.4, 0.5) is 0 Å². The maximum atomic E-state index is 4.38. The van der Waals surface area contributed by atoms with Crippen molar-refractivity contribution < 1.29 is 0 Å². The van der Waals surface area contributed by atoms with Gasteiger partial charge in [0.2, 0.25) is 0 Å². The molecule has 3 aromatic rings. The molecule has 0 saturated carbocycles. The number of nitrogens with one attached hydrogen (secondary N) is 2. The van der Waals surface area contributed by atoms with Crippen molar-refractivity contribution in [3.8, 4) is 0 Å². The van der Waals surface area contributed by atoms with Gasteiger partial charge in [-0.2, -0.15) is 0 Å². The minimum atomic E-state index is 0. The van der Waals surface area contributed by atoms with Crippen LogP contribution in [0.25, 0.3) is 0 Å². The molecule has 0 bridgehead atoms. The number of halogens is 1. The lowest BCUT2D eigenvalue weighted by Gasteiger charge is -2.20. The molecule has 1 aliphatic heterocycles. The standard InChI is InChI=1S/C22H26N6.HI/c1-23-22(25-16-21-27-26-20-13-8-14-28(20)21)24-15-19(17-9-4-2-5-10-17)18-11-6-3-7-12-18;/h2-7,9-12,19H,8,13-16H2,1H3,(H2,23,24,25);1H. The summed E-state index contributed by atoms with van der Waals surface area (Å²) in [6.07, 6.45) is 2.18. The van der Waals surface area contributed by atoms with Gasteiger partial charge in [-0.05, 0) is 17.5 Å². The van der Waals surface area contributed by atoms with E-state index in [0.717, 1.165) is 43.5 Å². The van der Waals surface area contributed by atoms with Gasteiger partial charge in [0.25, 0.3) is 0 Å². The van der Waals surface area contributed by atoms with Crippen molar-refractivity contribution in [2.24, 2.45) is 4.99 Å². The molecule has 7 heteroatoms. The first-order chi connectivity index (χ1) is 13.8. The number of rotatable bonds is 6. The number of aliphatic imine (C=N–C) groups is 1. The van der Waals surface area contributed by atoms with Crippen molar-refractivity contribution in [1.29, 1.82) is 0 Å². The minimum Gasteiger partial charge on any atom is -0.355 e. The molecule has 1 aliphatic rings. The van der Waals surface area contributed by atoms with Crippen molar-refractivity contribution in [1.82, 2.24) is 25.4 Å². The normalized spacial score (nSPS) is 13.1. The lowest BCUT2D eigenvalue weighted by atomic mass is 9.91. The lowest BCUT2D eigenvalue weighted by molar-refractivity contribution is 0.658. The molecule has 6 nitrogen and oxygen atoms in total. The fraction of sp³-hybridized carbons (Fsp3) is 0.318. The summed E-state index contributed by atoms with van der Waals surface area (Å²) in [6, 6.07) is 21.2. The van der Waals surface area contributed by atoms with Gasteiger partial charge in [-0.3, -0.25) is 4.99 Å². The lowest BCUT2D eigenvalue weighted by Crippen LogP contribution is -2.39. The summed E-state index contributed by atoms with van der Waals surface area (Å²) in [5.41, 5.74) is 2.57. The summed E-state index contributed by atoms with van der Waals surface area (Å²) in [5.74, 6) is 3.08. The maximum Gasteiger partial charge on any atom is 0.191 e. The third-order valence-electron chi connectivity index (χ3n) is 5.20. The second-order valence-electron chi connectivity index (χ2n) is 6.97. The highest BCUT2D eigenvalue weighted by molar-refractivity contribution is 14.0. The van der Waals surface area contributed by atoms with E-state index < -0.39 is 0 Å². The molecule has 29 heavy (non-hydrogen) atoms. The number of guanidine groups is 1. The van der Waals surface area contributed by atoms with Crippen molar-refractivity contribution >= 4 is 29.9 Å². The van der Waals surface area contributed by atoms with Crippen molar-refractivity contribution in [2.45, 2.75) is 31.8 Å². The van der Waals surface area contributed by atoms with E-state index in [4.69, 9.17) is 0 Å². The Morgan fingerprint density at radius 2 is 1.66 bits per heavy atom. The first-order valence-electron chi connectivity index (χ1n) is 9.80. The molecule has 0 radical (unpaired) electrons. The molecule has 2 N–H and O–H groups in total. The van der Waals surface area contributed by atoms with E-state index in [2.05, 4.69) is 91.1 Å². The van der Waals surface area contributed by atoms with E-state index in [1.54, 1.807) is 7.05 Å². The first-order valence-corrected chi connectivity index (χ1v) is 9.80. The van der Waals surface area contributed by atoms with Gasteiger partial charge in [0, 0.05) is 32.5 Å². The predicted molar refractivity (Wildman–Crippen MR) is 127 cm³/mol. The highest BCUT2D eigenvalue weighted by Gasteiger charge is 2.18. The Hall–Kier alpha value is -2.42. The molecule has 0 unspecified atom stereocenters. The van der Waals surface area contributed by atoms with Gasteiger partial charge in [-0.15, -0.1) is 34.2 Å². The highest BCUT2D eigenvalue weighted by atomic mass is 127. The molecular formula is C22H27IN6. The maximum absolute atomic E-state index is 4.38. The van der Waals surface area contributed by atoms with Gasteiger partial charge in [0.15, 0.2) is 11.8 Å². The van der Waals surface area contributed by atoms with Crippen LogP contribution in [0, 0.1) is 0 Å². The number of aromatic nitrogens is 3. The first kappa shape index (κ1) is 21.3. The van der Waals surface area contributed by atoms with Gasteiger partial charge in [-0.25, -0.2) is 0 Å². The number of hydrogen-bond acceptors (Lipinski definition) is 3. The Kier molecular flexibility index (Phi) is 7.62. The molecular weight excluding hydrogens is 475 g/mol. The third-order valence-corrected chi connectivity index (χ3v) is 5.20. The molecule has 0 amide bonds. The summed E-state index contributed by atoms with van der Waals surface area (Å²) in [4.78, 5) is 4.38. The number of fused-ring (bicyclic) bond motifs is 1. The van der Waals surface area contributed by atoms with E-state index in [1.165, 1.54) is 11.1 Å². The number of hydrogen-bond donors (Lipinski definition) is 2. The Morgan fingerprint density at radius 1 is 1.00 bits per heavy atom. The van der Waals surface area contributed by atoms with Crippen LogP contribution in [0.3, 0.4) is 0 Å². The average Bonchev–Trinajstić information content (AvgIpc) is 3.36. The monoisotopic (exact) mass is 502 g/mol. The Labute approximate surface area is 188 Å². The summed E-state index contributed by atoms with van der Waals surface area (Å²) in [7, 11) is 1.80. The van der Waals surface area contributed by atoms with Crippen LogP contribution in [0.2, 0.25) is 0 Å². The molecule has 2 heterocycles. The zero-order chi connectivity index (χ0) is 19.2. The number of nitrogens with zero attached hydrogens (tertiary/aromatic N) is 4. The zero-order valence-corrected chi connectivity index (χ0v) is 18.9. The second kappa shape index (κ2) is 10.4. The smallest absolute Gasteiger partial charge is 0.191 e. The largest absolute Gasteiger partial charge is 0.355 e. The quantitative estimate of drug-likeness (QED) is 0.308. The van der Waals surface area contributed by atoms with Crippen molar-refractivity contribution in [3.05, 3.63) is 83.4 Å². The molecule has 0 saturated heterocycles. The summed E-state index contributed by atoms with van der Waals surface area (Å²) in [6.45, 7) is 2.38. The molecule has 1 aromatic heterocycles. The van der Waals surface area contributed by atoms with Crippen LogP contribution in [0.5, 0.6) is 0 Å². The van der Waals surface area contributed by atoms with Crippen LogP contribution < -0.4 is 10.6 Å². The Morgan fingerprint density at radius 3 is 2.28 bits per heavy atom. The Bertz CT molecular complexity index is 883. The molecule has 0 fully saturated rings. The number of benzene rings is 2. The molecule has 152 valence electrons. The SMILES string of the molecule is CN=C(NCc1nnc2n1CCC2)NCC(c1ccccc1)c1ccccc1.I. The molecule has 0 atom stereocenters. The van der Waals surface area contributed by atoms with Crippen molar-refractivity contribution in [3.63, 3.8) is 0 Å². The van der Waals surface area contributed by atoms with Crippen LogP contribution in [-0.2, 0) is 19.5 Å². The van der Waals surface area contributed by atoms with Crippen molar-refractivity contribution in [2.75, 3.05) is 13.6 Å². The van der Waals surface area contributed by atoms with Crippen LogP contribution in [0.1, 0.15) is 35.1 Å². The fourth-order valence-corrected chi connectivity index (χ4v) is 3.72.